The van der Waals surface area contributed by atoms with Crippen LogP contribution in [0.4, 0.5) is 0 Å². The lowest BCUT2D eigenvalue weighted by Crippen LogP contribution is -2.42. The Bertz CT molecular complexity index is 832. The Kier molecular flexibility index (Phi) is 10.8. The molecule has 0 aliphatic carbocycles. The first kappa shape index (κ1) is 25.1. The van der Waals surface area contributed by atoms with Gasteiger partial charge in [-0.1, -0.05) is 0 Å². The minimum atomic E-state index is -1.10. The van der Waals surface area contributed by atoms with Crippen LogP contribution in [0.5, 0.6) is 0 Å². The lowest BCUT2D eigenvalue weighted by molar-refractivity contribution is -0.141. The van der Waals surface area contributed by atoms with Gasteiger partial charge in [0.15, 0.2) is 5.96 Å². The molecule has 11 N–H and O–H groups in total. The number of nitrogens with one attached hydrogen (secondary N) is 3. The van der Waals surface area contributed by atoms with Crippen molar-refractivity contribution < 1.29 is 24.6 Å². The van der Waals surface area contributed by atoms with Crippen molar-refractivity contribution in [2.45, 2.75) is 37.8 Å². The minimum absolute atomic E-state index is 0.0342. The van der Waals surface area contributed by atoms with Crippen LogP contribution in [-0.2, 0) is 27.2 Å². The van der Waals surface area contributed by atoms with Crippen LogP contribution in [0.15, 0.2) is 30.0 Å². The largest absolute Gasteiger partial charge is 0.480 e. The molecule has 0 bridgehead atoms. The summed E-state index contributed by atoms with van der Waals surface area (Å²) in [6.07, 6.45) is 7.05. The zero-order chi connectivity index (χ0) is 23.2. The van der Waals surface area contributed by atoms with Crippen LogP contribution < -0.4 is 22.5 Å². The molecular formula is C17H27N9O5. The number of carboxylic acids is 2. The highest BCUT2D eigenvalue weighted by Gasteiger charge is 2.20. The van der Waals surface area contributed by atoms with Crippen molar-refractivity contribution in [2.24, 2.45) is 22.2 Å². The molecule has 14 nitrogen and oxygen atoms in total. The van der Waals surface area contributed by atoms with Gasteiger partial charge in [-0.25, -0.2) is 14.8 Å². The van der Waals surface area contributed by atoms with Crippen LogP contribution >= 0.6 is 0 Å². The predicted molar refractivity (Wildman–Crippen MR) is 110 cm³/mol. The summed E-state index contributed by atoms with van der Waals surface area (Å²) in [5.41, 5.74) is 16.9. The van der Waals surface area contributed by atoms with Crippen LogP contribution in [0.2, 0.25) is 0 Å². The van der Waals surface area contributed by atoms with E-state index >= 15 is 0 Å². The van der Waals surface area contributed by atoms with Crippen LogP contribution in [0.3, 0.4) is 0 Å². The number of guanidine groups is 1. The molecular weight excluding hydrogens is 410 g/mol. The maximum atomic E-state index is 11.6. The van der Waals surface area contributed by atoms with Gasteiger partial charge in [0, 0.05) is 49.6 Å². The van der Waals surface area contributed by atoms with E-state index in [4.69, 9.17) is 27.4 Å². The molecule has 0 aromatic carbocycles. The summed E-state index contributed by atoms with van der Waals surface area (Å²) in [6.45, 7) is 0.327. The maximum Gasteiger partial charge on any atom is 0.326 e. The average molecular weight is 437 g/mol. The molecule has 2 aromatic heterocycles. The number of carboxylic acid groups (broad SMARTS) is 2. The van der Waals surface area contributed by atoms with Gasteiger partial charge in [-0.3, -0.25) is 14.6 Å². The van der Waals surface area contributed by atoms with Crippen molar-refractivity contribution in [3.05, 3.63) is 36.4 Å². The second-order valence-electron chi connectivity index (χ2n) is 6.38. The lowest BCUT2D eigenvalue weighted by Gasteiger charge is -2.13. The van der Waals surface area contributed by atoms with Crippen LogP contribution in [0.1, 0.15) is 24.2 Å². The first-order valence-corrected chi connectivity index (χ1v) is 9.19. The zero-order valence-corrected chi connectivity index (χ0v) is 16.7. The monoisotopic (exact) mass is 437 g/mol. The summed E-state index contributed by atoms with van der Waals surface area (Å²) in [7, 11) is 0. The molecule has 0 spiro atoms. The number of aromatic amines is 2. The molecule has 2 atom stereocenters. The summed E-state index contributed by atoms with van der Waals surface area (Å²) >= 11 is 0. The number of hydrogen-bond acceptors (Lipinski definition) is 7. The van der Waals surface area contributed by atoms with Crippen LogP contribution in [-0.4, -0.2) is 72.6 Å². The van der Waals surface area contributed by atoms with E-state index in [1.165, 1.54) is 18.9 Å². The van der Waals surface area contributed by atoms with Crippen molar-refractivity contribution in [1.29, 1.82) is 0 Å². The second-order valence-corrected chi connectivity index (χ2v) is 6.38. The number of H-pyrrole nitrogens is 2. The van der Waals surface area contributed by atoms with Crippen molar-refractivity contribution in [1.82, 2.24) is 25.3 Å². The van der Waals surface area contributed by atoms with E-state index in [1.54, 1.807) is 6.20 Å². The number of nitrogens with two attached hydrogens (primary N) is 3. The molecule has 0 aliphatic heterocycles. The van der Waals surface area contributed by atoms with E-state index in [1.807, 2.05) is 0 Å². The molecule has 2 aromatic rings. The number of aliphatic imine (C=N–C) groups is 1. The molecule has 170 valence electrons. The van der Waals surface area contributed by atoms with Crippen molar-refractivity contribution in [3.63, 3.8) is 0 Å². The molecule has 2 rings (SSSR count). The number of carbonyl (C=O) groups excluding carboxylic acids is 1. The summed E-state index contributed by atoms with van der Waals surface area (Å²) in [5, 5.41) is 19.9. The average Bonchev–Trinajstić information content (AvgIpc) is 3.39. The molecule has 0 saturated heterocycles. The fourth-order valence-electron chi connectivity index (χ4n) is 2.25. The number of aliphatic carboxylic acids is 2. The molecule has 0 radical (unpaired) electrons. The van der Waals surface area contributed by atoms with E-state index in [2.05, 4.69) is 30.2 Å². The summed E-state index contributed by atoms with van der Waals surface area (Å²) in [6, 6.07) is -1.85. The molecule has 0 saturated carbocycles. The van der Waals surface area contributed by atoms with Gasteiger partial charge in [0.05, 0.1) is 12.7 Å². The van der Waals surface area contributed by atoms with E-state index < -0.39 is 24.0 Å². The van der Waals surface area contributed by atoms with Gasteiger partial charge in [0.1, 0.15) is 12.1 Å². The smallest absolute Gasteiger partial charge is 0.326 e. The molecule has 2 heterocycles. The molecule has 0 aliphatic rings. The van der Waals surface area contributed by atoms with Crippen LogP contribution in [0, 0.1) is 0 Å². The number of rotatable bonds is 11. The van der Waals surface area contributed by atoms with Gasteiger partial charge in [0.25, 0.3) is 0 Å². The van der Waals surface area contributed by atoms with Crippen molar-refractivity contribution in [3.8, 4) is 0 Å². The Morgan fingerprint density at radius 2 is 1.61 bits per heavy atom. The van der Waals surface area contributed by atoms with E-state index in [0.717, 1.165) is 5.69 Å². The number of aromatic nitrogens is 4. The molecule has 31 heavy (non-hydrogen) atoms. The minimum Gasteiger partial charge on any atom is -0.480 e. The Morgan fingerprint density at radius 1 is 1.03 bits per heavy atom. The van der Waals surface area contributed by atoms with Crippen LogP contribution in [0.25, 0.3) is 0 Å². The normalized spacial score (nSPS) is 12.0. The number of amides is 1. The second kappa shape index (κ2) is 13.3. The summed E-state index contributed by atoms with van der Waals surface area (Å²) in [4.78, 5) is 49.8. The third-order valence-electron chi connectivity index (χ3n) is 3.78. The zero-order valence-electron chi connectivity index (χ0n) is 16.7. The molecule has 0 unspecified atom stereocenters. The van der Waals surface area contributed by atoms with Gasteiger partial charge < -0.3 is 42.7 Å². The maximum absolute atomic E-state index is 11.6. The number of carbonyl (C=O) groups is 3. The molecule has 14 heteroatoms. The van der Waals surface area contributed by atoms with E-state index in [0.29, 0.717) is 18.7 Å². The number of hydrogen-bond donors (Lipinski definition) is 8. The van der Waals surface area contributed by atoms with Gasteiger partial charge >= 0.3 is 11.9 Å². The summed E-state index contributed by atoms with van der Waals surface area (Å²) in [5.74, 6) is -2.49. The van der Waals surface area contributed by atoms with Gasteiger partial charge in [-0.15, -0.1) is 0 Å². The molecule has 0 fully saturated rings. The molecule has 1 amide bonds. The Morgan fingerprint density at radius 3 is 2.06 bits per heavy atom. The number of imidazole rings is 2. The first-order valence-electron chi connectivity index (χ1n) is 9.19. The SMILES string of the molecule is NC(N)=NCCCC(=O)N[C@@H](Cc1cnc[nH]1)C(=O)O.N[C@@H](Cc1cnc[nH]1)C(=O)O. The Labute approximate surface area is 177 Å². The highest BCUT2D eigenvalue weighted by atomic mass is 16.4. The van der Waals surface area contributed by atoms with Gasteiger partial charge in [-0.2, -0.15) is 0 Å². The fourth-order valence-corrected chi connectivity index (χ4v) is 2.25. The fraction of sp³-hybridized carbons (Fsp3) is 0.412. The Hall–Kier alpha value is -3.94. The number of nitrogens with zero attached hydrogens (tertiary/aromatic N) is 3. The van der Waals surface area contributed by atoms with E-state index in [-0.39, 0.29) is 31.1 Å². The van der Waals surface area contributed by atoms with Gasteiger partial charge in [0.2, 0.25) is 5.91 Å². The van der Waals surface area contributed by atoms with Crippen molar-refractivity contribution in [2.75, 3.05) is 6.54 Å². The van der Waals surface area contributed by atoms with E-state index in [9.17, 15) is 14.4 Å². The lowest BCUT2D eigenvalue weighted by atomic mass is 10.1. The highest BCUT2D eigenvalue weighted by molar-refractivity contribution is 5.83. The van der Waals surface area contributed by atoms with Crippen molar-refractivity contribution >= 4 is 23.8 Å². The Balaban J connectivity index is 0.000000367. The summed E-state index contributed by atoms with van der Waals surface area (Å²) < 4.78 is 0. The standard InChI is InChI=1S/C11H18N6O3.C6H9N3O2/c12-11(13)15-3-1-2-9(18)17-8(10(19)20)4-7-5-14-6-16-7;7-5(6(10)11)1-4-2-8-3-9-4/h5-6,8H,1-4H2,(H,14,16)(H,17,18)(H,19,20)(H4,12,13,15);2-3,5H,1,7H2,(H,8,9)(H,10,11)/t8-;5-/m00/s1. The van der Waals surface area contributed by atoms with Gasteiger partial charge in [-0.05, 0) is 6.42 Å². The quantitative estimate of drug-likeness (QED) is 0.108. The predicted octanol–water partition coefficient (Wildman–Crippen LogP) is -2.06. The highest BCUT2D eigenvalue weighted by Crippen LogP contribution is 2.00. The third kappa shape index (κ3) is 11.0. The topological polar surface area (TPSA) is 251 Å². The first-order chi connectivity index (χ1) is 14.7. The third-order valence-corrected chi connectivity index (χ3v) is 3.78.